The average molecular weight is 452 g/mol. The van der Waals surface area contributed by atoms with Crippen LogP contribution in [-0.2, 0) is 20.8 Å². The number of nitrogens with one attached hydrogen (secondary N) is 3. The summed E-state index contributed by atoms with van der Waals surface area (Å²) in [6.07, 6.45) is 0.0217. The lowest BCUT2D eigenvalue weighted by Gasteiger charge is -2.22. The topological polar surface area (TPSA) is 150 Å². The molecule has 0 bridgehead atoms. The van der Waals surface area contributed by atoms with E-state index in [9.17, 15) is 24.0 Å². The summed E-state index contributed by atoms with van der Waals surface area (Å²) >= 11 is 0. The molecule has 0 saturated carbocycles. The van der Waals surface area contributed by atoms with E-state index in [0.29, 0.717) is 11.1 Å². The number of carboxylic acids is 1. The number of amides is 2. The molecule has 33 heavy (non-hydrogen) atoms. The number of carboxylic acid groups (broad SMARTS) is 1. The van der Waals surface area contributed by atoms with E-state index in [1.165, 1.54) is 13.8 Å². The van der Waals surface area contributed by atoms with Crippen LogP contribution in [0.3, 0.4) is 0 Å². The number of hydrogen-bond acceptors (Lipinski definition) is 5. The number of benzene rings is 2. The number of carbonyl (C=O) groups excluding carboxylic acids is 2. The van der Waals surface area contributed by atoms with Crippen LogP contribution >= 0.6 is 0 Å². The standard InChI is InChI=1S/C23H24N4O6/c1-13(19(28)25-14(2)22(31)32)24-20(29)18(12-15-8-4-3-5-9-15)27-21(30)16-10-6-7-11-17(16)26-23(27)33/h3-11,13-14,18H,12H2,1-2H3,(H,24,29)(H,25,28)(H,26,33)(H,31,32)/t13-,14+,18-/m0/s1. The van der Waals surface area contributed by atoms with Gasteiger partial charge in [-0.25, -0.2) is 9.36 Å². The van der Waals surface area contributed by atoms with Gasteiger partial charge in [0.05, 0.1) is 10.9 Å². The Morgan fingerprint density at radius 1 is 0.909 bits per heavy atom. The largest absolute Gasteiger partial charge is 0.480 e. The molecule has 10 heteroatoms. The minimum atomic E-state index is -1.25. The molecule has 1 heterocycles. The van der Waals surface area contributed by atoms with Gasteiger partial charge < -0.3 is 20.7 Å². The minimum absolute atomic E-state index is 0.0217. The summed E-state index contributed by atoms with van der Waals surface area (Å²) in [5.74, 6) is -2.66. The van der Waals surface area contributed by atoms with Crippen molar-refractivity contribution in [3.63, 3.8) is 0 Å². The van der Waals surface area contributed by atoms with Crippen molar-refractivity contribution in [2.75, 3.05) is 0 Å². The van der Waals surface area contributed by atoms with E-state index < -0.39 is 47.2 Å². The number of rotatable bonds is 8. The van der Waals surface area contributed by atoms with Gasteiger partial charge in [-0.1, -0.05) is 42.5 Å². The molecular weight excluding hydrogens is 428 g/mol. The molecule has 172 valence electrons. The molecule has 0 spiro atoms. The second kappa shape index (κ2) is 9.94. The van der Waals surface area contributed by atoms with Crippen molar-refractivity contribution in [1.82, 2.24) is 20.2 Å². The van der Waals surface area contributed by atoms with Crippen LogP contribution in [0, 0.1) is 0 Å². The maximum atomic E-state index is 13.2. The summed E-state index contributed by atoms with van der Waals surface area (Å²) in [6, 6.07) is 11.8. The molecule has 10 nitrogen and oxygen atoms in total. The van der Waals surface area contributed by atoms with Crippen LogP contribution in [0.1, 0.15) is 25.5 Å². The van der Waals surface area contributed by atoms with Crippen molar-refractivity contribution in [3.8, 4) is 0 Å². The maximum absolute atomic E-state index is 13.2. The number of hydrogen-bond donors (Lipinski definition) is 4. The van der Waals surface area contributed by atoms with Crippen molar-refractivity contribution in [2.45, 2.75) is 38.4 Å². The van der Waals surface area contributed by atoms with E-state index >= 15 is 0 Å². The van der Waals surface area contributed by atoms with Crippen LogP contribution < -0.4 is 21.9 Å². The molecule has 2 amide bonds. The molecule has 4 N–H and O–H groups in total. The van der Waals surface area contributed by atoms with Crippen LogP contribution in [0.25, 0.3) is 10.9 Å². The monoisotopic (exact) mass is 452 g/mol. The number of carbonyl (C=O) groups is 3. The van der Waals surface area contributed by atoms with Gasteiger partial charge in [-0.2, -0.15) is 0 Å². The lowest BCUT2D eigenvalue weighted by molar-refractivity contribution is -0.141. The van der Waals surface area contributed by atoms with Gasteiger partial charge in [-0.05, 0) is 31.5 Å². The highest BCUT2D eigenvalue weighted by atomic mass is 16.4. The zero-order valence-corrected chi connectivity index (χ0v) is 18.1. The first-order valence-electron chi connectivity index (χ1n) is 10.3. The second-order valence-electron chi connectivity index (χ2n) is 7.66. The number of H-pyrrole nitrogens is 1. The van der Waals surface area contributed by atoms with Crippen molar-refractivity contribution in [3.05, 3.63) is 81.0 Å². The smallest absolute Gasteiger partial charge is 0.329 e. The first-order valence-corrected chi connectivity index (χ1v) is 10.3. The van der Waals surface area contributed by atoms with Gasteiger partial charge in [0, 0.05) is 6.42 Å². The second-order valence-corrected chi connectivity index (χ2v) is 7.66. The number of aromatic nitrogens is 2. The zero-order valence-electron chi connectivity index (χ0n) is 18.1. The molecule has 0 aliphatic carbocycles. The SMILES string of the molecule is C[C@H](NC(=O)[C@H](Cc1ccccc1)n1c(=O)[nH]c2ccccc2c1=O)C(=O)N[C@H](C)C(=O)O. The van der Waals surface area contributed by atoms with E-state index in [1.54, 1.807) is 54.6 Å². The molecule has 0 unspecified atom stereocenters. The molecule has 0 fully saturated rings. The normalized spacial score (nSPS) is 13.6. The van der Waals surface area contributed by atoms with Gasteiger partial charge in [0.25, 0.3) is 5.56 Å². The van der Waals surface area contributed by atoms with Gasteiger partial charge in [-0.3, -0.25) is 19.2 Å². The third kappa shape index (κ3) is 5.35. The fraction of sp³-hybridized carbons (Fsp3) is 0.261. The lowest BCUT2D eigenvalue weighted by atomic mass is 10.0. The highest BCUT2D eigenvalue weighted by Crippen LogP contribution is 2.14. The quantitative estimate of drug-likeness (QED) is 0.392. The van der Waals surface area contributed by atoms with Gasteiger partial charge in [0.2, 0.25) is 11.8 Å². The van der Waals surface area contributed by atoms with Crippen LogP contribution in [0.2, 0.25) is 0 Å². The predicted molar refractivity (Wildman–Crippen MR) is 121 cm³/mol. The summed E-state index contributed by atoms with van der Waals surface area (Å²) in [7, 11) is 0. The van der Waals surface area contributed by atoms with Crippen LogP contribution in [-0.4, -0.2) is 44.5 Å². The third-order valence-electron chi connectivity index (χ3n) is 5.20. The van der Waals surface area contributed by atoms with E-state index in [4.69, 9.17) is 5.11 Å². The summed E-state index contributed by atoms with van der Waals surface area (Å²) < 4.78 is 0.842. The van der Waals surface area contributed by atoms with Gasteiger partial charge in [0.1, 0.15) is 18.1 Å². The Morgan fingerprint density at radius 2 is 1.52 bits per heavy atom. The zero-order chi connectivity index (χ0) is 24.1. The molecule has 3 aromatic rings. The lowest BCUT2D eigenvalue weighted by Crippen LogP contribution is -2.52. The van der Waals surface area contributed by atoms with Gasteiger partial charge in [0.15, 0.2) is 0 Å². The predicted octanol–water partition coefficient (Wildman–Crippen LogP) is 0.568. The summed E-state index contributed by atoms with van der Waals surface area (Å²) in [5.41, 5.74) is -0.347. The van der Waals surface area contributed by atoms with Crippen molar-refractivity contribution in [2.24, 2.45) is 0 Å². The maximum Gasteiger partial charge on any atom is 0.329 e. The molecule has 2 aromatic carbocycles. The van der Waals surface area contributed by atoms with E-state index in [2.05, 4.69) is 15.6 Å². The molecular formula is C23H24N4O6. The molecule has 0 aliphatic rings. The molecule has 0 saturated heterocycles. The molecule has 3 rings (SSSR count). The highest BCUT2D eigenvalue weighted by molar-refractivity contribution is 5.91. The average Bonchev–Trinajstić information content (AvgIpc) is 2.78. The third-order valence-corrected chi connectivity index (χ3v) is 5.20. The van der Waals surface area contributed by atoms with E-state index in [0.717, 1.165) is 4.57 Å². The van der Waals surface area contributed by atoms with Crippen molar-refractivity contribution < 1.29 is 19.5 Å². The Hall–Kier alpha value is -4.21. The van der Waals surface area contributed by atoms with Crippen LogP contribution in [0.5, 0.6) is 0 Å². The summed E-state index contributed by atoms with van der Waals surface area (Å²) in [4.78, 5) is 65.1. The Morgan fingerprint density at radius 3 is 2.18 bits per heavy atom. The number of aliphatic carboxylic acids is 1. The van der Waals surface area contributed by atoms with Crippen LogP contribution in [0.15, 0.2) is 64.2 Å². The Kier molecular flexibility index (Phi) is 7.07. The first kappa shape index (κ1) is 23.5. The van der Waals surface area contributed by atoms with Crippen LogP contribution in [0.4, 0.5) is 0 Å². The first-order chi connectivity index (χ1) is 15.7. The Labute approximate surface area is 188 Å². The van der Waals surface area contributed by atoms with E-state index in [1.807, 2.05) is 0 Å². The molecule has 1 aromatic heterocycles. The van der Waals surface area contributed by atoms with Gasteiger partial charge in [-0.15, -0.1) is 0 Å². The number of para-hydroxylation sites is 1. The fourth-order valence-electron chi connectivity index (χ4n) is 3.37. The summed E-state index contributed by atoms with van der Waals surface area (Å²) in [6.45, 7) is 2.68. The number of fused-ring (bicyclic) bond motifs is 1. The van der Waals surface area contributed by atoms with Gasteiger partial charge >= 0.3 is 11.7 Å². The minimum Gasteiger partial charge on any atom is -0.480 e. The van der Waals surface area contributed by atoms with Crippen molar-refractivity contribution in [1.29, 1.82) is 0 Å². The number of nitrogens with zero attached hydrogens (tertiary/aromatic N) is 1. The molecule has 3 atom stereocenters. The Bertz CT molecular complexity index is 1300. The molecule has 0 radical (unpaired) electrons. The summed E-state index contributed by atoms with van der Waals surface area (Å²) in [5, 5.41) is 14.0. The van der Waals surface area contributed by atoms with Crippen molar-refractivity contribution >= 4 is 28.7 Å². The number of aromatic amines is 1. The molecule has 0 aliphatic heterocycles. The highest BCUT2D eigenvalue weighted by Gasteiger charge is 2.28. The fourth-order valence-corrected chi connectivity index (χ4v) is 3.37. The Balaban J connectivity index is 1.97. The van der Waals surface area contributed by atoms with E-state index in [-0.39, 0.29) is 11.8 Å².